The summed E-state index contributed by atoms with van der Waals surface area (Å²) < 4.78 is 0. The zero-order valence-electron chi connectivity index (χ0n) is 11.2. The molecule has 98 valence electrons. The van der Waals surface area contributed by atoms with Crippen LogP contribution in [0.15, 0.2) is 0 Å². The first-order valence-corrected chi connectivity index (χ1v) is 5.81. The van der Waals surface area contributed by atoms with Gasteiger partial charge >= 0.3 is 17.1 Å². The van der Waals surface area contributed by atoms with E-state index in [1.165, 1.54) is 44.9 Å². The first kappa shape index (κ1) is 21.5. The third kappa shape index (κ3) is 9.42. The maximum absolute atomic E-state index is 10.6. The van der Waals surface area contributed by atoms with Gasteiger partial charge in [-0.2, -0.15) is 0 Å². The molecule has 16 heavy (non-hydrogen) atoms. The van der Waals surface area contributed by atoms with Gasteiger partial charge in [0.15, 0.2) is 0 Å². The third-order valence-electron chi connectivity index (χ3n) is 3.18. The van der Waals surface area contributed by atoms with Crippen molar-refractivity contribution in [3.05, 3.63) is 14.9 Å². The molecule has 0 atom stereocenters. The number of carbonyl (C=O) groups excluding carboxylic acids is 1. The predicted molar refractivity (Wildman–Crippen MR) is 68.6 cm³/mol. The van der Waals surface area contributed by atoms with Crippen molar-refractivity contribution in [2.45, 2.75) is 64.7 Å². The van der Waals surface area contributed by atoms with Crippen molar-refractivity contribution in [3.63, 3.8) is 0 Å². The van der Waals surface area contributed by atoms with E-state index >= 15 is 0 Å². The van der Waals surface area contributed by atoms with Crippen molar-refractivity contribution >= 4 is 5.78 Å². The average Bonchev–Trinajstić information content (AvgIpc) is 2.82. The minimum Gasteiger partial charge on any atom is -0.358 e. The molecule has 0 heterocycles. The number of Topliss-reactive ketones (excluding diaryl/α,β-unsaturated/α-hetero) is 1. The summed E-state index contributed by atoms with van der Waals surface area (Å²) in [5.41, 5.74) is 0. The van der Waals surface area contributed by atoms with Gasteiger partial charge < -0.3 is 14.9 Å². The SMILES string of the molecule is C1CCCC1.CC(=O)C1CCCC1.[CH3-].[CH3-].[Fe+2]. The Bertz CT molecular complexity index is 139. The van der Waals surface area contributed by atoms with Gasteiger partial charge in [0.05, 0.1) is 0 Å². The molecule has 0 saturated heterocycles. The molecule has 0 bridgehead atoms. The topological polar surface area (TPSA) is 17.1 Å². The summed E-state index contributed by atoms with van der Waals surface area (Å²) in [6.45, 7) is 1.70. The van der Waals surface area contributed by atoms with E-state index in [-0.39, 0.29) is 31.9 Å². The molecule has 0 N–H and O–H groups in total. The Labute approximate surface area is 113 Å². The van der Waals surface area contributed by atoms with Crippen molar-refractivity contribution in [1.29, 1.82) is 0 Å². The molecule has 0 unspecified atom stereocenters. The molecular formula is C14H28FeO. The first-order valence-electron chi connectivity index (χ1n) is 5.81. The largest absolute Gasteiger partial charge is 2.00 e. The monoisotopic (exact) mass is 268 g/mol. The molecule has 0 aliphatic heterocycles. The fourth-order valence-electron chi connectivity index (χ4n) is 2.22. The summed E-state index contributed by atoms with van der Waals surface area (Å²) in [7, 11) is 0. The number of carbonyl (C=O) groups is 1. The van der Waals surface area contributed by atoms with Crippen LogP contribution in [0.25, 0.3) is 0 Å². The van der Waals surface area contributed by atoms with E-state index in [4.69, 9.17) is 0 Å². The van der Waals surface area contributed by atoms with Crippen molar-refractivity contribution in [2.24, 2.45) is 5.92 Å². The molecule has 2 saturated carbocycles. The van der Waals surface area contributed by atoms with Crippen molar-refractivity contribution in [3.8, 4) is 0 Å². The maximum Gasteiger partial charge on any atom is 2.00 e. The van der Waals surface area contributed by atoms with Crippen molar-refractivity contribution in [1.82, 2.24) is 0 Å². The zero-order chi connectivity index (χ0) is 9.52. The standard InChI is InChI=1S/C7H12O.C5H10.2CH3.Fe/c1-6(8)7-4-2-3-5-7;1-2-4-5-3-1;;;/h7H,2-5H2,1H3;1-5H2;2*1H3;/q;;2*-1;+2. The fraction of sp³-hybridized carbons (Fsp3) is 0.786. The van der Waals surface area contributed by atoms with Gasteiger partial charge in [-0.25, -0.2) is 0 Å². The Morgan fingerprint density at radius 2 is 1.12 bits per heavy atom. The van der Waals surface area contributed by atoms with Crippen LogP contribution in [-0.4, -0.2) is 5.78 Å². The summed E-state index contributed by atoms with van der Waals surface area (Å²) in [6, 6.07) is 0. The van der Waals surface area contributed by atoms with Crippen LogP contribution in [-0.2, 0) is 21.9 Å². The second kappa shape index (κ2) is 13.3. The van der Waals surface area contributed by atoms with Gasteiger partial charge in [0.2, 0.25) is 0 Å². The van der Waals surface area contributed by atoms with E-state index < -0.39 is 0 Å². The van der Waals surface area contributed by atoms with E-state index in [9.17, 15) is 4.79 Å². The summed E-state index contributed by atoms with van der Waals surface area (Å²) in [6.07, 6.45) is 12.3. The Morgan fingerprint density at radius 3 is 1.31 bits per heavy atom. The molecule has 2 rings (SSSR count). The van der Waals surface area contributed by atoms with Crippen LogP contribution in [0.4, 0.5) is 0 Å². The van der Waals surface area contributed by atoms with E-state index in [2.05, 4.69) is 0 Å². The van der Waals surface area contributed by atoms with E-state index in [0.717, 1.165) is 12.8 Å². The quantitative estimate of drug-likeness (QED) is 0.501. The number of hydrogen-bond donors (Lipinski definition) is 0. The summed E-state index contributed by atoms with van der Waals surface area (Å²) in [4.78, 5) is 10.6. The van der Waals surface area contributed by atoms with E-state index in [1.807, 2.05) is 0 Å². The molecule has 2 aliphatic carbocycles. The van der Waals surface area contributed by atoms with Gasteiger partial charge in [0, 0.05) is 5.92 Å². The Morgan fingerprint density at radius 1 is 0.812 bits per heavy atom. The second-order valence-corrected chi connectivity index (χ2v) is 4.36. The molecule has 0 spiro atoms. The number of hydrogen-bond acceptors (Lipinski definition) is 1. The fourth-order valence-corrected chi connectivity index (χ4v) is 2.22. The van der Waals surface area contributed by atoms with Crippen LogP contribution in [0, 0.1) is 20.8 Å². The summed E-state index contributed by atoms with van der Waals surface area (Å²) in [5, 5.41) is 0. The average molecular weight is 268 g/mol. The van der Waals surface area contributed by atoms with Crippen LogP contribution in [0.1, 0.15) is 64.7 Å². The third-order valence-corrected chi connectivity index (χ3v) is 3.18. The zero-order valence-corrected chi connectivity index (χ0v) is 12.3. The molecule has 0 aromatic rings. The van der Waals surface area contributed by atoms with E-state index in [1.54, 1.807) is 6.92 Å². The van der Waals surface area contributed by atoms with Gasteiger partial charge in [-0.3, -0.25) is 4.79 Å². The molecule has 0 aromatic carbocycles. The van der Waals surface area contributed by atoms with Gasteiger partial charge in [-0.1, -0.05) is 44.9 Å². The summed E-state index contributed by atoms with van der Waals surface area (Å²) in [5.74, 6) is 0.817. The summed E-state index contributed by atoms with van der Waals surface area (Å²) >= 11 is 0. The Kier molecular flexibility index (Phi) is 17.8. The molecular weight excluding hydrogens is 240 g/mol. The van der Waals surface area contributed by atoms with Gasteiger partial charge in [0.1, 0.15) is 5.78 Å². The minimum absolute atomic E-state index is 0. The van der Waals surface area contributed by atoms with Crippen molar-refractivity contribution in [2.75, 3.05) is 0 Å². The predicted octanol–water partition coefficient (Wildman–Crippen LogP) is 4.61. The van der Waals surface area contributed by atoms with Crippen molar-refractivity contribution < 1.29 is 21.9 Å². The number of rotatable bonds is 1. The molecule has 0 amide bonds. The molecule has 2 fully saturated rings. The van der Waals surface area contributed by atoms with Gasteiger partial charge in [0.25, 0.3) is 0 Å². The molecule has 0 radical (unpaired) electrons. The van der Waals surface area contributed by atoms with Crippen LogP contribution in [0.3, 0.4) is 0 Å². The first-order chi connectivity index (χ1) is 6.30. The second-order valence-electron chi connectivity index (χ2n) is 4.36. The van der Waals surface area contributed by atoms with E-state index in [0.29, 0.717) is 11.7 Å². The molecule has 2 heteroatoms. The van der Waals surface area contributed by atoms with Gasteiger partial charge in [-0.05, 0) is 19.8 Å². The maximum atomic E-state index is 10.6. The molecule has 2 aliphatic rings. The Hall–Kier alpha value is 0.189. The molecule has 0 aromatic heterocycles. The minimum atomic E-state index is 0. The Balaban J connectivity index is -0.000000189. The van der Waals surface area contributed by atoms with Crippen LogP contribution < -0.4 is 0 Å². The number of ketones is 1. The normalized spacial score (nSPS) is 18.3. The van der Waals surface area contributed by atoms with Crippen LogP contribution >= 0.6 is 0 Å². The van der Waals surface area contributed by atoms with Crippen LogP contribution in [0.2, 0.25) is 0 Å². The van der Waals surface area contributed by atoms with Gasteiger partial charge in [-0.15, -0.1) is 0 Å². The van der Waals surface area contributed by atoms with Crippen LogP contribution in [0.5, 0.6) is 0 Å². The molecule has 1 nitrogen and oxygen atoms in total. The smallest absolute Gasteiger partial charge is 0.358 e.